The molecule has 0 fully saturated rings. The van der Waals surface area contributed by atoms with Crippen molar-refractivity contribution in [2.75, 3.05) is 4.43 Å². The van der Waals surface area contributed by atoms with Crippen LogP contribution >= 0.6 is 22.6 Å². The number of benzene rings is 1. The molecule has 1 aromatic rings. The lowest BCUT2D eigenvalue weighted by Gasteiger charge is -2.25. The highest BCUT2D eigenvalue weighted by molar-refractivity contribution is 14.1. The molecule has 0 heterocycles. The molecule has 0 saturated carbocycles. The molecule has 0 nitrogen and oxygen atoms in total. The standard InChI is InChI=1S/C23H35ISi/c1-20(2)11-9-12-21(3)16-17-22(13-10-18-24)19-25(4,5)23-14-7-6-8-15-23/h6-8,12-15H,1,9-11,16-19H2,2-5H3/b21-12+,22-13+. The Morgan fingerprint density at radius 2 is 1.68 bits per heavy atom. The van der Waals surface area contributed by atoms with E-state index in [1.54, 1.807) is 10.8 Å². The predicted molar refractivity (Wildman–Crippen MR) is 127 cm³/mol. The Labute approximate surface area is 170 Å². The minimum Gasteiger partial charge on any atom is -0.100 e. The third-order valence-corrected chi connectivity index (χ3v) is 8.53. The largest absolute Gasteiger partial charge is 0.100 e. The van der Waals surface area contributed by atoms with E-state index in [0.717, 1.165) is 12.8 Å². The highest BCUT2D eigenvalue weighted by atomic mass is 127. The maximum absolute atomic E-state index is 3.99. The molecule has 0 aromatic heterocycles. The van der Waals surface area contributed by atoms with Crippen molar-refractivity contribution in [3.8, 4) is 0 Å². The topological polar surface area (TPSA) is 0 Å². The SMILES string of the molecule is C=C(C)CC/C=C(\C)CC/C(=C\CCI)C[Si](C)(C)c1ccccc1. The predicted octanol–water partition coefficient (Wildman–Crippen LogP) is 7.44. The maximum Gasteiger partial charge on any atom is 0.0845 e. The van der Waals surface area contributed by atoms with E-state index in [4.69, 9.17) is 0 Å². The summed E-state index contributed by atoms with van der Waals surface area (Å²) in [4.78, 5) is 0. The molecular formula is C23H35ISi. The number of alkyl halides is 1. The van der Waals surface area contributed by atoms with Gasteiger partial charge in [-0.2, -0.15) is 0 Å². The van der Waals surface area contributed by atoms with E-state index in [2.05, 4.69) is 98.6 Å². The van der Waals surface area contributed by atoms with Gasteiger partial charge >= 0.3 is 0 Å². The number of halogens is 1. The first-order valence-electron chi connectivity index (χ1n) is 9.44. The van der Waals surface area contributed by atoms with E-state index < -0.39 is 8.07 Å². The second-order valence-electron chi connectivity index (χ2n) is 7.81. The smallest absolute Gasteiger partial charge is 0.0845 e. The van der Waals surface area contributed by atoms with Crippen LogP contribution in [-0.2, 0) is 0 Å². The molecule has 25 heavy (non-hydrogen) atoms. The van der Waals surface area contributed by atoms with Gasteiger partial charge < -0.3 is 0 Å². The number of hydrogen-bond donors (Lipinski definition) is 0. The van der Waals surface area contributed by atoms with E-state index in [1.807, 2.05) is 0 Å². The second kappa shape index (κ2) is 11.9. The van der Waals surface area contributed by atoms with Gasteiger partial charge in [-0.15, -0.1) is 6.58 Å². The molecule has 0 saturated heterocycles. The van der Waals surface area contributed by atoms with Crippen molar-refractivity contribution in [3.63, 3.8) is 0 Å². The van der Waals surface area contributed by atoms with Crippen LogP contribution in [0, 0.1) is 0 Å². The molecule has 0 radical (unpaired) electrons. The van der Waals surface area contributed by atoms with Gasteiger partial charge in [-0.3, -0.25) is 0 Å². The van der Waals surface area contributed by atoms with Crippen LogP contribution in [-0.4, -0.2) is 12.5 Å². The molecule has 0 amide bonds. The molecule has 1 rings (SSSR count). The summed E-state index contributed by atoms with van der Waals surface area (Å²) < 4.78 is 1.21. The summed E-state index contributed by atoms with van der Waals surface area (Å²) in [5.74, 6) is 0. The quantitative estimate of drug-likeness (QED) is 0.138. The van der Waals surface area contributed by atoms with Gasteiger partial charge in [0.25, 0.3) is 0 Å². The minimum atomic E-state index is -1.41. The lowest BCUT2D eigenvalue weighted by Crippen LogP contribution is -2.41. The normalized spacial score (nSPS) is 13.2. The Hall–Kier alpha value is -0.613. The second-order valence-corrected chi connectivity index (χ2v) is 13.6. The lowest BCUT2D eigenvalue weighted by atomic mass is 10.0. The Bertz CT molecular complexity index is 581. The zero-order chi connectivity index (χ0) is 18.7. The molecule has 0 unspecified atom stereocenters. The lowest BCUT2D eigenvalue weighted by molar-refractivity contribution is 0.887. The first kappa shape index (κ1) is 22.4. The van der Waals surface area contributed by atoms with Crippen LogP contribution in [0.5, 0.6) is 0 Å². The van der Waals surface area contributed by atoms with Gasteiger partial charge in [0, 0.05) is 4.43 Å². The summed E-state index contributed by atoms with van der Waals surface area (Å²) in [6.07, 6.45) is 10.8. The molecule has 1 aromatic carbocycles. The van der Waals surface area contributed by atoms with Gasteiger partial charge in [0.2, 0.25) is 0 Å². The van der Waals surface area contributed by atoms with Crippen molar-refractivity contribution < 1.29 is 0 Å². The fourth-order valence-corrected chi connectivity index (χ4v) is 6.17. The van der Waals surface area contributed by atoms with E-state index in [0.29, 0.717) is 0 Å². The van der Waals surface area contributed by atoms with E-state index in [1.165, 1.54) is 40.9 Å². The average molecular weight is 467 g/mol. The van der Waals surface area contributed by atoms with Crippen molar-refractivity contribution in [1.82, 2.24) is 0 Å². The van der Waals surface area contributed by atoms with Crippen LogP contribution in [0.15, 0.2) is 65.8 Å². The third-order valence-electron chi connectivity index (χ3n) is 4.67. The fraction of sp³-hybridized carbons (Fsp3) is 0.478. The van der Waals surface area contributed by atoms with Gasteiger partial charge in [-0.25, -0.2) is 0 Å². The summed E-state index contributed by atoms with van der Waals surface area (Å²) in [6.45, 7) is 13.4. The van der Waals surface area contributed by atoms with Crippen molar-refractivity contribution >= 4 is 35.9 Å². The zero-order valence-electron chi connectivity index (χ0n) is 16.6. The van der Waals surface area contributed by atoms with Crippen molar-refractivity contribution in [2.45, 2.75) is 65.1 Å². The summed E-state index contributed by atoms with van der Waals surface area (Å²) in [7, 11) is -1.41. The zero-order valence-corrected chi connectivity index (χ0v) is 19.7. The molecule has 0 N–H and O–H groups in total. The molecule has 0 aliphatic heterocycles. The van der Waals surface area contributed by atoms with E-state index in [9.17, 15) is 0 Å². The van der Waals surface area contributed by atoms with Crippen LogP contribution in [0.3, 0.4) is 0 Å². The molecule has 0 spiro atoms. The Morgan fingerprint density at radius 1 is 1.00 bits per heavy atom. The monoisotopic (exact) mass is 466 g/mol. The van der Waals surface area contributed by atoms with Gasteiger partial charge in [0.05, 0.1) is 8.07 Å². The van der Waals surface area contributed by atoms with Crippen molar-refractivity contribution in [1.29, 1.82) is 0 Å². The van der Waals surface area contributed by atoms with Crippen LogP contribution < -0.4 is 5.19 Å². The molecule has 0 aliphatic carbocycles. The number of rotatable bonds is 11. The van der Waals surface area contributed by atoms with Crippen LogP contribution in [0.25, 0.3) is 0 Å². The molecule has 0 aliphatic rings. The van der Waals surface area contributed by atoms with Gasteiger partial charge in [-0.05, 0) is 52.0 Å². The first-order valence-corrected chi connectivity index (χ1v) is 14.2. The maximum atomic E-state index is 3.99. The van der Waals surface area contributed by atoms with Crippen LogP contribution in [0.2, 0.25) is 19.1 Å². The average Bonchev–Trinajstić information content (AvgIpc) is 2.57. The first-order chi connectivity index (χ1) is 11.8. The molecule has 0 atom stereocenters. The van der Waals surface area contributed by atoms with E-state index in [-0.39, 0.29) is 0 Å². The van der Waals surface area contributed by atoms with Crippen molar-refractivity contribution in [2.24, 2.45) is 0 Å². The van der Waals surface area contributed by atoms with Gasteiger partial charge in [-0.1, -0.05) is 100 Å². The molecule has 2 heteroatoms. The van der Waals surface area contributed by atoms with Gasteiger partial charge in [0.1, 0.15) is 0 Å². The fourth-order valence-electron chi connectivity index (χ4n) is 3.11. The molecular weight excluding hydrogens is 431 g/mol. The summed E-state index contributed by atoms with van der Waals surface area (Å²) in [5, 5.41) is 1.57. The Balaban J connectivity index is 2.70. The molecule has 138 valence electrons. The summed E-state index contributed by atoms with van der Waals surface area (Å²) >= 11 is 2.48. The highest BCUT2D eigenvalue weighted by Gasteiger charge is 2.24. The number of allylic oxidation sites excluding steroid dienone is 5. The van der Waals surface area contributed by atoms with E-state index >= 15 is 0 Å². The Kier molecular flexibility index (Phi) is 10.7. The van der Waals surface area contributed by atoms with Gasteiger partial charge in [0.15, 0.2) is 0 Å². The number of hydrogen-bond acceptors (Lipinski definition) is 0. The Morgan fingerprint density at radius 3 is 2.28 bits per heavy atom. The third kappa shape index (κ3) is 9.60. The summed E-state index contributed by atoms with van der Waals surface area (Å²) in [5.41, 5.74) is 4.48. The molecule has 0 bridgehead atoms. The highest BCUT2D eigenvalue weighted by Crippen LogP contribution is 2.23. The minimum absolute atomic E-state index is 1.11. The summed E-state index contributed by atoms with van der Waals surface area (Å²) in [6, 6.07) is 12.4. The van der Waals surface area contributed by atoms with Crippen LogP contribution in [0.1, 0.15) is 46.0 Å². The van der Waals surface area contributed by atoms with Crippen molar-refractivity contribution in [3.05, 3.63) is 65.8 Å². The van der Waals surface area contributed by atoms with Crippen LogP contribution in [0.4, 0.5) is 0 Å².